The van der Waals surface area contributed by atoms with E-state index in [0.29, 0.717) is 26.1 Å². The highest BCUT2D eigenvalue weighted by atomic mass is 35.5. The van der Waals surface area contributed by atoms with Gasteiger partial charge in [-0.3, -0.25) is 4.79 Å². The number of rotatable bonds is 6. The fourth-order valence-electron chi connectivity index (χ4n) is 3.02. The van der Waals surface area contributed by atoms with Crippen LogP contribution in [0.2, 0.25) is 5.02 Å². The van der Waals surface area contributed by atoms with Crippen molar-refractivity contribution in [3.05, 3.63) is 23.2 Å². The number of benzene rings is 1. The van der Waals surface area contributed by atoms with Crippen molar-refractivity contribution >= 4 is 39.2 Å². The van der Waals surface area contributed by atoms with E-state index in [2.05, 4.69) is 5.32 Å². The van der Waals surface area contributed by atoms with Crippen molar-refractivity contribution in [3.63, 3.8) is 0 Å². The summed E-state index contributed by atoms with van der Waals surface area (Å²) in [6.07, 6.45) is 2.37. The average molecular weight is 417 g/mol. The molecule has 10 heteroatoms. The molecule has 0 spiro atoms. The van der Waals surface area contributed by atoms with E-state index in [0.717, 1.165) is 19.3 Å². The molecule has 2 heterocycles. The lowest BCUT2D eigenvalue weighted by atomic mass is 10.2. The molecule has 8 nitrogen and oxygen atoms in total. The molecule has 0 bridgehead atoms. The number of anilines is 1. The Labute approximate surface area is 162 Å². The number of carbonyl (C=O) groups is 2. The second kappa shape index (κ2) is 8.55. The minimum absolute atomic E-state index is 0.0560. The fraction of sp³-hybridized carbons (Fsp3) is 0.529. The molecule has 0 unspecified atom stereocenters. The number of halogens is 1. The molecule has 2 saturated heterocycles. The topological polar surface area (TPSA) is 102 Å². The van der Waals surface area contributed by atoms with E-state index in [1.165, 1.54) is 22.5 Å². The van der Waals surface area contributed by atoms with Gasteiger partial charge in [0.25, 0.3) is 5.91 Å². The third kappa shape index (κ3) is 4.78. The number of nitrogens with zero attached hydrogens (tertiary/aromatic N) is 1. The van der Waals surface area contributed by atoms with Gasteiger partial charge in [0, 0.05) is 19.7 Å². The summed E-state index contributed by atoms with van der Waals surface area (Å²) in [5.74, 6) is -1.20. The minimum Gasteiger partial charge on any atom is -0.454 e. The van der Waals surface area contributed by atoms with Gasteiger partial charge in [0.2, 0.25) is 10.0 Å². The first-order valence-corrected chi connectivity index (χ1v) is 10.6. The first-order chi connectivity index (χ1) is 12.9. The Hall–Kier alpha value is -1.68. The third-order valence-electron chi connectivity index (χ3n) is 4.45. The van der Waals surface area contributed by atoms with Crippen LogP contribution < -0.4 is 5.32 Å². The molecule has 1 N–H and O–H groups in total. The van der Waals surface area contributed by atoms with Crippen molar-refractivity contribution in [2.24, 2.45) is 0 Å². The zero-order valence-corrected chi connectivity index (χ0v) is 16.2. The van der Waals surface area contributed by atoms with Gasteiger partial charge < -0.3 is 14.8 Å². The van der Waals surface area contributed by atoms with Crippen molar-refractivity contribution in [1.29, 1.82) is 0 Å². The second-order valence-corrected chi connectivity index (χ2v) is 8.76. The summed E-state index contributed by atoms with van der Waals surface area (Å²) in [6, 6.07) is 4.14. The van der Waals surface area contributed by atoms with Crippen LogP contribution in [-0.4, -0.2) is 57.0 Å². The van der Waals surface area contributed by atoms with E-state index in [1.54, 1.807) is 0 Å². The van der Waals surface area contributed by atoms with Crippen LogP contribution in [0.15, 0.2) is 23.1 Å². The van der Waals surface area contributed by atoms with Gasteiger partial charge in [0.1, 0.15) is 0 Å². The fourth-order valence-corrected chi connectivity index (χ4v) is 4.73. The summed E-state index contributed by atoms with van der Waals surface area (Å²) < 4.78 is 36.8. The van der Waals surface area contributed by atoms with Crippen LogP contribution in [0.3, 0.4) is 0 Å². The Morgan fingerprint density at radius 2 is 2.00 bits per heavy atom. The molecule has 2 aliphatic rings. The quantitative estimate of drug-likeness (QED) is 0.709. The number of carbonyl (C=O) groups excluding carboxylic acids is 2. The Morgan fingerprint density at radius 1 is 1.26 bits per heavy atom. The van der Waals surface area contributed by atoms with E-state index in [1.807, 2.05) is 0 Å². The van der Waals surface area contributed by atoms with Gasteiger partial charge >= 0.3 is 5.97 Å². The predicted octanol–water partition coefficient (Wildman–Crippen LogP) is 1.79. The SMILES string of the molecule is O=C(COC(=O)[C@H]1CCCO1)Nc1cc(S(=O)(=O)N2CCCC2)ccc1Cl. The standard InChI is InChI=1S/C17H21ClN2O6S/c18-13-6-5-12(27(23,24)20-7-1-2-8-20)10-14(13)19-16(21)11-26-17(22)15-4-3-9-25-15/h5-6,10,15H,1-4,7-9,11H2,(H,19,21)/t15-/m1/s1. The largest absolute Gasteiger partial charge is 0.454 e. The number of ether oxygens (including phenoxy) is 2. The van der Waals surface area contributed by atoms with E-state index in [-0.39, 0.29) is 15.6 Å². The lowest BCUT2D eigenvalue weighted by Crippen LogP contribution is -2.28. The molecular weight excluding hydrogens is 396 g/mol. The van der Waals surface area contributed by atoms with Gasteiger partial charge in [-0.05, 0) is 43.9 Å². The van der Waals surface area contributed by atoms with Gasteiger partial charge in [-0.1, -0.05) is 11.6 Å². The summed E-state index contributed by atoms with van der Waals surface area (Å²) in [7, 11) is -3.63. The van der Waals surface area contributed by atoms with Crippen LogP contribution in [-0.2, 0) is 29.1 Å². The molecule has 0 radical (unpaired) electrons. The second-order valence-electron chi connectivity index (χ2n) is 6.41. The highest BCUT2D eigenvalue weighted by Crippen LogP contribution is 2.28. The van der Waals surface area contributed by atoms with Crippen LogP contribution >= 0.6 is 11.6 Å². The maximum atomic E-state index is 12.6. The molecule has 0 aliphatic carbocycles. The molecule has 1 atom stereocenters. The summed E-state index contributed by atoms with van der Waals surface area (Å²) in [5, 5.41) is 2.68. The van der Waals surface area contributed by atoms with Gasteiger partial charge in [-0.2, -0.15) is 4.31 Å². The molecular formula is C17H21ClN2O6S. The molecule has 1 amide bonds. The normalized spacial score (nSPS) is 20.6. The first-order valence-electron chi connectivity index (χ1n) is 8.76. The molecule has 2 aliphatic heterocycles. The molecule has 2 fully saturated rings. The Bertz CT molecular complexity index is 817. The minimum atomic E-state index is -3.63. The van der Waals surface area contributed by atoms with E-state index in [9.17, 15) is 18.0 Å². The highest BCUT2D eigenvalue weighted by molar-refractivity contribution is 7.89. The zero-order valence-electron chi connectivity index (χ0n) is 14.6. The van der Waals surface area contributed by atoms with Crippen molar-refractivity contribution in [1.82, 2.24) is 4.31 Å². The van der Waals surface area contributed by atoms with Crippen LogP contribution in [0.4, 0.5) is 5.69 Å². The summed E-state index contributed by atoms with van der Waals surface area (Å²) in [5.41, 5.74) is 0.148. The van der Waals surface area contributed by atoms with Crippen LogP contribution in [0.25, 0.3) is 0 Å². The molecule has 1 aromatic rings. The van der Waals surface area contributed by atoms with Crippen molar-refractivity contribution in [3.8, 4) is 0 Å². The lowest BCUT2D eigenvalue weighted by Gasteiger charge is -2.17. The summed E-state index contributed by atoms with van der Waals surface area (Å²) in [6.45, 7) is 0.954. The van der Waals surface area contributed by atoms with Crippen LogP contribution in [0.1, 0.15) is 25.7 Å². The monoisotopic (exact) mass is 416 g/mol. The maximum absolute atomic E-state index is 12.6. The van der Waals surface area contributed by atoms with Crippen LogP contribution in [0.5, 0.6) is 0 Å². The first kappa shape index (κ1) is 20.1. The molecule has 1 aromatic carbocycles. The highest BCUT2D eigenvalue weighted by Gasteiger charge is 2.28. The number of hydrogen-bond acceptors (Lipinski definition) is 6. The predicted molar refractivity (Wildman–Crippen MR) is 98.0 cm³/mol. The molecule has 0 saturated carbocycles. The van der Waals surface area contributed by atoms with Crippen molar-refractivity contribution in [2.75, 3.05) is 31.6 Å². The Kier molecular flexibility index (Phi) is 6.36. The number of sulfonamides is 1. The molecule has 27 heavy (non-hydrogen) atoms. The number of esters is 1. The smallest absolute Gasteiger partial charge is 0.335 e. The summed E-state index contributed by atoms with van der Waals surface area (Å²) in [4.78, 5) is 23.9. The number of hydrogen-bond donors (Lipinski definition) is 1. The van der Waals surface area contributed by atoms with Gasteiger partial charge in [0.15, 0.2) is 12.7 Å². The summed E-state index contributed by atoms with van der Waals surface area (Å²) >= 11 is 6.07. The van der Waals surface area contributed by atoms with E-state index >= 15 is 0 Å². The van der Waals surface area contributed by atoms with Gasteiger partial charge in [0.05, 0.1) is 15.6 Å². The van der Waals surface area contributed by atoms with Gasteiger partial charge in [-0.15, -0.1) is 0 Å². The van der Waals surface area contributed by atoms with Gasteiger partial charge in [-0.25, -0.2) is 13.2 Å². The van der Waals surface area contributed by atoms with Crippen molar-refractivity contribution < 1.29 is 27.5 Å². The van der Waals surface area contributed by atoms with Crippen LogP contribution in [0, 0.1) is 0 Å². The number of nitrogens with one attached hydrogen (secondary N) is 1. The zero-order chi connectivity index (χ0) is 19.4. The average Bonchev–Trinajstić information content (AvgIpc) is 3.35. The number of amides is 1. The maximum Gasteiger partial charge on any atom is 0.335 e. The third-order valence-corrected chi connectivity index (χ3v) is 6.68. The molecule has 148 valence electrons. The lowest BCUT2D eigenvalue weighted by molar-refractivity contribution is -0.156. The van der Waals surface area contributed by atoms with Crippen molar-refractivity contribution in [2.45, 2.75) is 36.7 Å². The Balaban J connectivity index is 1.63. The Morgan fingerprint density at radius 3 is 2.67 bits per heavy atom. The molecule has 3 rings (SSSR count). The van der Waals surface area contributed by atoms with E-state index < -0.39 is 34.6 Å². The van der Waals surface area contributed by atoms with E-state index in [4.69, 9.17) is 21.1 Å². The molecule has 0 aromatic heterocycles.